The van der Waals surface area contributed by atoms with Crippen LogP contribution in [0.5, 0.6) is 5.75 Å². The number of hydrogen-bond donors (Lipinski definition) is 2. The normalized spacial score (nSPS) is 12.2. The van der Waals surface area contributed by atoms with Crippen LogP contribution in [0, 0.1) is 0 Å². The third-order valence-corrected chi connectivity index (χ3v) is 5.96. The van der Waals surface area contributed by atoms with Gasteiger partial charge in [0.05, 0.1) is 13.3 Å². The van der Waals surface area contributed by atoms with Crippen molar-refractivity contribution in [3.63, 3.8) is 0 Å². The van der Waals surface area contributed by atoms with Crippen LogP contribution in [0.2, 0.25) is 0 Å². The van der Waals surface area contributed by atoms with Crippen LogP contribution in [0.25, 0.3) is 11.1 Å². The van der Waals surface area contributed by atoms with E-state index in [2.05, 4.69) is 15.5 Å². The lowest BCUT2D eigenvalue weighted by molar-refractivity contribution is -0.121. The minimum Gasteiger partial charge on any atom is -0.497 e. The summed E-state index contributed by atoms with van der Waals surface area (Å²) in [4.78, 5) is 42.9. The van der Waals surface area contributed by atoms with E-state index in [1.807, 2.05) is 12.1 Å². The number of aromatic amines is 1. The summed E-state index contributed by atoms with van der Waals surface area (Å²) in [7, 11) is 3.10. The van der Waals surface area contributed by atoms with Gasteiger partial charge in [-0.2, -0.15) is 5.10 Å². The molecule has 3 aromatic rings. The highest BCUT2D eigenvalue weighted by molar-refractivity contribution is 5.97. The molecule has 1 heterocycles. The number of rotatable bonds is 9. The lowest BCUT2D eigenvalue weighted by Crippen LogP contribution is -2.47. The summed E-state index contributed by atoms with van der Waals surface area (Å²) in [6, 6.07) is 13.1. The quantitative estimate of drug-likeness (QED) is 0.325. The molecule has 0 spiro atoms. The molecule has 0 aliphatic carbocycles. The smallest absolute Gasteiger partial charge is 0.411 e. The first-order valence-electron chi connectivity index (χ1n) is 13.6. The van der Waals surface area contributed by atoms with Gasteiger partial charge in [0.25, 0.3) is 5.91 Å². The minimum absolute atomic E-state index is 0.0145. The van der Waals surface area contributed by atoms with Gasteiger partial charge in [0.15, 0.2) is 0 Å². The van der Waals surface area contributed by atoms with E-state index in [0.29, 0.717) is 17.0 Å². The van der Waals surface area contributed by atoms with Gasteiger partial charge in [-0.05, 0) is 76.9 Å². The monoisotopic (exact) mass is 579 g/mol. The van der Waals surface area contributed by atoms with Crippen LogP contribution >= 0.6 is 0 Å². The molecule has 1 aromatic heterocycles. The summed E-state index contributed by atoms with van der Waals surface area (Å²) in [6.07, 6.45) is 2.23. The highest BCUT2D eigenvalue weighted by Crippen LogP contribution is 2.29. The number of ether oxygens (including phenoxy) is 3. The van der Waals surface area contributed by atoms with Crippen molar-refractivity contribution in [3.8, 4) is 16.9 Å². The van der Waals surface area contributed by atoms with Crippen LogP contribution in [0.15, 0.2) is 60.9 Å². The first-order chi connectivity index (χ1) is 19.7. The second-order valence-electron chi connectivity index (χ2n) is 11.8. The summed E-state index contributed by atoms with van der Waals surface area (Å²) in [6.45, 7) is 10.6. The number of carbonyl (C=O) groups is 3. The average Bonchev–Trinajstić information content (AvgIpc) is 3.44. The molecule has 11 heteroatoms. The predicted octanol–water partition coefficient (Wildman–Crippen LogP) is 5.87. The Morgan fingerprint density at radius 2 is 1.55 bits per heavy atom. The fraction of sp³-hybridized carbons (Fsp3) is 0.419. The van der Waals surface area contributed by atoms with Gasteiger partial charge in [0, 0.05) is 37.6 Å². The van der Waals surface area contributed by atoms with Gasteiger partial charge in [-0.1, -0.05) is 24.3 Å². The molecule has 1 atom stereocenters. The molecule has 0 fully saturated rings. The molecule has 226 valence electrons. The average molecular weight is 580 g/mol. The molecule has 11 nitrogen and oxygen atoms in total. The number of H-pyrrole nitrogens is 1. The standard InChI is InChI=1S/C31H41N5O6/c1-30(2,3)41-28(38)35(7)16-17-36(29(39)42-31(4,5)6)26(22-10-9-11-25(18-22)40-8)27(37)34-24-14-12-21(13-15-24)23-19-32-33-20-23/h9-15,18-20,26H,16-17H2,1-8H3,(H,32,33)(H,34,37)/t26-/m0/s1. The third-order valence-electron chi connectivity index (χ3n) is 5.96. The molecule has 0 saturated heterocycles. The second kappa shape index (κ2) is 13.4. The molecular formula is C31H41N5O6. The minimum atomic E-state index is -1.12. The Hall–Kier alpha value is -4.54. The van der Waals surface area contributed by atoms with Crippen LogP contribution in [-0.2, 0) is 14.3 Å². The van der Waals surface area contributed by atoms with Crippen molar-refractivity contribution >= 4 is 23.8 Å². The summed E-state index contributed by atoms with van der Waals surface area (Å²) >= 11 is 0. The van der Waals surface area contributed by atoms with Gasteiger partial charge < -0.3 is 24.4 Å². The maximum atomic E-state index is 14.0. The van der Waals surface area contributed by atoms with Crippen LogP contribution in [0.3, 0.4) is 0 Å². The molecule has 0 saturated carbocycles. The predicted molar refractivity (Wildman–Crippen MR) is 160 cm³/mol. The van der Waals surface area contributed by atoms with Gasteiger partial charge in [-0.3, -0.25) is 14.8 Å². The van der Waals surface area contributed by atoms with Crippen molar-refractivity contribution in [2.45, 2.75) is 58.8 Å². The summed E-state index contributed by atoms with van der Waals surface area (Å²) in [5, 5.41) is 9.69. The van der Waals surface area contributed by atoms with Crippen molar-refractivity contribution in [3.05, 3.63) is 66.5 Å². The van der Waals surface area contributed by atoms with Crippen LogP contribution < -0.4 is 10.1 Å². The number of benzene rings is 2. The topological polar surface area (TPSA) is 126 Å². The van der Waals surface area contributed by atoms with Crippen LogP contribution in [-0.4, -0.2) is 76.5 Å². The third kappa shape index (κ3) is 9.25. The summed E-state index contributed by atoms with van der Waals surface area (Å²) < 4.78 is 16.6. The van der Waals surface area contributed by atoms with Crippen molar-refractivity contribution < 1.29 is 28.6 Å². The number of likely N-dealkylation sites (N-methyl/N-ethyl adjacent to an activating group) is 1. The van der Waals surface area contributed by atoms with E-state index in [4.69, 9.17) is 14.2 Å². The molecule has 3 rings (SSSR count). The van der Waals surface area contributed by atoms with E-state index in [1.54, 1.807) is 97.4 Å². The maximum absolute atomic E-state index is 14.0. The molecule has 0 aliphatic heterocycles. The lowest BCUT2D eigenvalue weighted by Gasteiger charge is -2.34. The first-order valence-corrected chi connectivity index (χ1v) is 13.6. The van der Waals surface area contributed by atoms with Crippen molar-refractivity contribution in [1.29, 1.82) is 0 Å². The van der Waals surface area contributed by atoms with Crippen molar-refractivity contribution in [2.24, 2.45) is 0 Å². The first kappa shape index (κ1) is 32.0. The Balaban J connectivity index is 1.96. The zero-order chi connectivity index (χ0) is 31.1. The van der Waals surface area contributed by atoms with Crippen LogP contribution in [0.4, 0.5) is 15.3 Å². The van der Waals surface area contributed by atoms with Gasteiger partial charge >= 0.3 is 12.2 Å². The summed E-state index contributed by atoms with van der Waals surface area (Å²) in [5.41, 5.74) is 1.36. The Bertz CT molecular complexity index is 1340. The highest BCUT2D eigenvalue weighted by atomic mass is 16.6. The Morgan fingerprint density at radius 1 is 0.905 bits per heavy atom. The SMILES string of the molecule is COc1cccc([C@@H](C(=O)Nc2ccc(-c3cn[nH]c3)cc2)N(CCN(C)C(=O)OC(C)(C)C)C(=O)OC(C)(C)C)c1. The number of nitrogens with zero attached hydrogens (tertiary/aromatic N) is 3. The Morgan fingerprint density at radius 3 is 2.12 bits per heavy atom. The summed E-state index contributed by atoms with van der Waals surface area (Å²) in [5.74, 6) is 0.0508. The zero-order valence-corrected chi connectivity index (χ0v) is 25.6. The fourth-order valence-corrected chi connectivity index (χ4v) is 3.99. The van der Waals surface area contributed by atoms with Crippen molar-refractivity contribution in [2.75, 3.05) is 32.6 Å². The lowest BCUT2D eigenvalue weighted by atomic mass is 10.0. The van der Waals surface area contributed by atoms with E-state index in [-0.39, 0.29) is 13.1 Å². The number of methoxy groups -OCH3 is 1. The Kier molecular flexibility index (Phi) is 10.2. The van der Waals surface area contributed by atoms with Gasteiger partial charge in [-0.25, -0.2) is 9.59 Å². The number of amides is 3. The highest BCUT2D eigenvalue weighted by Gasteiger charge is 2.35. The van der Waals surface area contributed by atoms with E-state index < -0.39 is 35.3 Å². The number of nitrogens with one attached hydrogen (secondary N) is 2. The fourth-order valence-electron chi connectivity index (χ4n) is 3.99. The maximum Gasteiger partial charge on any atom is 0.411 e. The molecule has 0 radical (unpaired) electrons. The molecule has 0 aliphatic rings. The molecule has 2 N–H and O–H groups in total. The number of carbonyl (C=O) groups excluding carboxylic acids is 3. The molecular weight excluding hydrogens is 538 g/mol. The second-order valence-corrected chi connectivity index (χ2v) is 11.8. The van der Waals surface area contributed by atoms with Crippen molar-refractivity contribution in [1.82, 2.24) is 20.0 Å². The number of aromatic nitrogens is 2. The van der Waals surface area contributed by atoms with E-state index in [9.17, 15) is 14.4 Å². The number of anilines is 1. The molecule has 0 unspecified atom stereocenters. The molecule has 42 heavy (non-hydrogen) atoms. The zero-order valence-electron chi connectivity index (χ0n) is 25.6. The van der Waals surface area contributed by atoms with Gasteiger partial charge in [-0.15, -0.1) is 0 Å². The molecule has 3 amide bonds. The van der Waals surface area contributed by atoms with E-state index in [0.717, 1.165) is 11.1 Å². The van der Waals surface area contributed by atoms with Crippen LogP contribution in [0.1, 0.15) is 53.1 Å². The van der Waals surface area contributed by atoms with Gasteiger partial charge in [0.2, 0.25) is 0 Å². The van der Waals surface area contributed by atoms with Gasteiger partial charge in [0.1, 0.15) is 23.0 Å². The Labute approximate surface area is 247 Å². The largest absolute Gasteiger partial charge is 0.497 e. The number of hydrogen-bond acceptors (Lipinski definition) is 7. The van der Waals surface area contributed by atoms with E-state index in [1.165, 1.54) is 16.9 Å². The van der Waals surface area contributed by atoms with E-state index >= 15 is 0 Å². The molecule has 0 bridgehead atoms. The molecule has 2 aromatic carbocycles.